The first-order chi connectivity index (χ1) is 7.12. The monoisotopic (exact) mass is 231 g/mol. The van der Waals surface area contributed by atoms with Gasteiger partial charge in [0.15, 0.2) is 9.84 Å². The van der Waals surface area contributed by atoms with Crippen LogP contribution in [-0.4, -0.2) is 43.3 Å². The van der Waals surface area contributed by atoms with Gasteiger partial charge in [-0.1, -0.05) is 12.8 Å². The molecule has 2 fully saturated rings. The Morgan fingerprint density at radius 2 is 1.73 bits per heavy atom. The smallest absolute Gasteiger partial charge is 0.210 e. The van der Waals surface area contributed by atoms with Crippen LogP contribution in [0.1, 0.15) is 32.1 Å². The van der Waals surface area contributed by atoms with Crippen molar-refractivity contribution in [1.82, 2.24) is 4.90 Å². The van der Waals surface area contributed by atoms with Crippen molar-refractivity contribution in [3.05, 3.63) is 0 Å². The minimum absolute atomic E-state index is 0.0596. The summed E-state index contributed by atoms with van der Waals surface area (Å²) in [6.45, 7) is 0. The second-order valence-corrected chi connectivity index (χ2v) is 6.78. The summed E-state index contributed by atoms with van der Waals surface area (Å²) in [5, 5.41) is 0. The molecule has 4 nitrogen and oxygen atoms in total. The van der Waals surface area contributed by atoms with Crippen LogP contribution in [0.4, 0.5) is 0 Å². The van der Waals surface area contributed by atoms with Gasteiger partial charge in [-0.15, -0.1) is 0 Å². The molecule has 1 aliphatic heterocycles. The van der Waals surface area contributed by atoms with Crippen molar-refractivity contribution < 1.29 is 13.2 Å². The zero-order valence-electron chi connectivity index (χ0n) is 8.76. The Morgan fingerprint density at radius 3 is 2.20 bits per heavy atom. The van der Waals surface area contributed by atoms with Gasteiger partial charge in [0.2, 0.25) is 6.41 Å². The van der Waals surface area contributed by atoms with Crippen LogP contribution in [0.25, 0.3) is 0 Å². The standard InChI is InChI=1S/C10H17NO3S/c12-8-11(9-3-1-2-4-9)10-5-6-15(13,14)7-10/h8-10H,1-7H2. The molecule has 1 saturated carbocycles. The molecule has 1 heterocycles. The number of nitrogens with zero attached hydrogens (tertiary/aromatic N) is 1. The van der Waals surface area contributed by atoms with Gasteiger partial charge in [0.25, 0.3) is 0 Å². The van der Waals surface area contributed by atoms with E-state index >= 15 is 0 Å². The topological polar surface area (TPSA) is 54.5 Å². The molecule has 15 heavy (non-hydrogen) atoms. The van der Waals surface area contributed by atoms with Crippen LogP contribution < -0.4 is 0 Å². The minimum Gasteiger partial charge on any atom is -0.338 e. The maximum Gasteiger partial charge on any atom is 0.210 e. The van der Waals surface area contributed by atoms with Crippen molar-refractivity contribution >= 4 is 16.2 Å². The summed E-state index contributed by atoms with van der Waals surface area (Å²) in [6, 6.07) is 0.233. The lowest BCUT2D eigenvalue weighted by atomic mass is 10.1. The van der Waals surface area contributed by atoms with Crippen molar-refractivity contribution in [3.8, 4) is 0 Å². The normalized spacial score (nSPS) is 30.5. The van der Waals surface area contributed by atoms with Crippen LogP contribution in [0.5, 0.6) is 0 Å². The molecule has 1 aliphatic carbocycles. The molecule has 1 unspecified atom stereocenters. The van der Waals surface area contributed by atoms with Crippen molar-refractivity contribution in [2.45, 2.75) is 44.2 Å². The molecular formula is C10H17NO3S. The number of hydrogen-bond donors (Lipinski definition) is 0. The Balaban J connectivity index is 2.04. The lowest BCUT2D eigenvalue weighted by Gasteiger charge is -2.29. The molecule has 0 aromatic rings. The van der Waals surface area contributed by atoms with E-state index in [1.54, 1.807) is 4.90 Å². The molecule has 0 aromatic heterocycles. The molecular weight excluding hydrogens is 214 g/mol. The van der Waals surface area contributed by atoms with E-state index in [4.69, 9.17) is 0 Å². The van der Waals surface area contributed by atoms with Crippen molar-refractivity contribution in [2.75, 3.05) is 11.5 Å². The molecule has 2 rings (SSSR count). The molecule has 2 aliphatic rings. The van der Waals surface area contributed by atoms with E-state index in [2.05, 4.69) is 0 Å². The number of amides is 1. The summed E-state index contributed by atoms with van der Waals surface area (Å²) in [5.74, 6) is 0.414. The maximum atomic E-state index is 11.3. The highest BCUT2D eigenvalue weighted by molar-refractivity contribution is 7.91. The Morgan fingerprint density at radius 1 is 1.07 bits per heavy atom. The largest absolute Gasteiger partial charge is 0.338 e. The molecule has 0 N–H and O–H groups in total. The lowest BCUT2D eigenvalue weighted by Crippen LogP contribution is -2.41. The third-order valence-corrected chi connectivity index (χ3v) is 5.25. The predicted molar refractivity (Wildman–Crippen MR) is 57.2 cm³/mol. The summed E-state index contributed by atoms with van der Waals surface area (Å²) in [7, 11) is -2.88. The van der Waals surface area contributed by atoms with Gasteiger partial charge >= 0.3 is 0 Å². The van der Waals surface area contributed by atoms with Crippen molar-refractivity contribution in [1.29, 1.82) is 0 Å². The molecule has 86 valence electrons. The van der Waals surface area contributed by atoms with Gasteiger partial charge in [0, 0.05) is 12.1 Å². The van der Waals surface area contributed by atoms with E-state index in [0.717, 1.165) is 32.1 Å². The number of sulfone groups is 1. The van der Waals surface area contributed by atoms with Gasteiger partial charge in [-0.3, -0.25) is 4.79 Å². The number of rotatable bonds is 3. The zero-order chi connectivity index (χ0) is 10.9. The van der Waals surface area contributed by atoms with Gasteiger partial charge in [-0.2, -0.15) is 0 Å². The first kappa shape index (κ1) is 10.9. The van der Waals surface area contributed by atoms with E-state index in [-0.39, 0.29) is 17.5 Å². The molecule has 1 amide bonds. The molecule has 5 heteroatoms. The molecule has 0 aromatic carbocycles. The number of hydrogen-bond acceptors (Lipinski definition) is 3. The summed E-state index contributed by atoms with van der Waals surface area (Å²) < 4.78 is 22.7. The first-order valence-corrected chi connectivity index (χ1v) is 7.38. The average molecular weight is 231 g/mol. The average Bonchev–Trinajstić information content (AvgIpc) is 2.77. The molecule has 0 spiro atoms. The van der Waals surface area contributed by atoms with Gasteiger partial charge in [0.1, 0.15) is 0 Å². The lowest BCUT2D eigenvalue weighted by molar-refractivity contribution is -0.122. The Kier molecular flexibility index (Phi) is 3.00. The van der Waals surface area contributed by atoms with E-state index in [1.165, 1.54) is 0 Å². The van der Waals surface area contributed by atoms with Gasteiger partial charge in [0.05, 0.1) is 11.5 Å². The Labute approximate surface area is 90.6 Å². The second kappa shape index (κ2) is 4.12. The van der Waals surface area contributed by atoms with Crippen molar-refractivity contribution in [2.24, 2.45) is 0 Å². The van der Waals surface area contributed by atoms with Crippen LogP contribution in [0.15, 0.2) is 0 Å². The summed E-state index contributed by atoms with van der Waals surface area (Å²) in [4.78, 5) is 12.8. The van der Waals surface area contributed by atoms with Gasteiger partial charge in [-0.25, -0.2) is 8.42 Å². The van der Waals surface area contributed by atoms with Crippen LogP contribution in [-0.2, 0) is 14.6 Å². The SMILES string of the molecule is O=CN(C1CCCC1)C1CCS(=O)(=O)C1. The van der Waals surface area contributed by atoms with Crippen LogP contribution in [0.2, 0.25) is 0 Å². The second-order valence-electron chi connectivity index (χ2n) is 4.55. The first-order valence-electron chi connectivity index (χ1n) is 5.55. The quantitative estimate of drug-likeness (QED) is 0.667. The van der Waals surface area contributed by atoms with Crippen LogP contribution in [0, 0.1) is 0 Å². The zero-order valence-corrected chi connectivity index (χ0v) is 9.58. The van der Waals surface area contributed by atoms with E-state index in [9.17, 15) is 13.2 Å². The van der Waals surface area contributed by atoms with E-state index in [0.29, 0.717) is 12.5 Å². The van der Waals surface area contributed by atoms with Crippen LogP contribution in [0.3, 0.4) is 0 Å². The highest BCUT2D eigenvalue weighted by Gasteiger charge is 2.35. The van der Waals surface area contributed by atoms with Gasteiger partial charge < -0.3 is 4.90 Å². The molecule has 1 atom stereocenters. The van der Waals surface area contributed by atoms with Crippen LogP contribution >= 0.6 is 0 Å². The Bertz CT molecular complexity index is 333. The molecule has 0 radical (unpaired) electrons. The van der Waals surface area contributed by atoms with Gasteiger partial charge in [-0.05, 0) is 19.3 Å². The fraction of sp³-hybridized carbons (Fsp3) is 0.900. The Hall–Kier alpha value is -0.580. The fourth-order valence-electron chi connectivity index (χ4n) is 2.68. The predicted octanol–water partition coefficient (Wildman–Crippen LogP) is 0.574. The number of carbonyl (C=O) groups is 1. The van der Waals surface area contributed by atoms with Crippen molar-refractivity contribution in [3.63, 3.8) is 0 Å². The third-order valence-electron chi connectivity index (χ3n) is 3.50. The maximum absolute atomic E-state index is 11.3. The summed E-state index contributed by atoms with van der Waals surface area (Å²) >= 11 is 0. The summed E-state index contributed by atoms with van der Waals surface area (Å²) in [6.07, 6.45) is 5.87. The minimum atomic E-state index is -2.88. The number of carbonyl (C=O) groups excluding carboxylic acids is 1. The van der Waals surface area contributed by atoms with E-state index in [1.807, 2.05) is 0 Å². The molecule has 0 bridgehead atoms. The fourth-order valence-corrected chi connectivity index (χ4v) is 4.41. The highest BCUT2D eigenvalue weighted by Crippen LogP contribution is 2.27. The third kappa shape index (κ3) is 2.33. The summed E-state index contributed by atoms with van der Waals surface area (Å²) in [5.41, 5.74) is 0. The molecule has 1 saturated heterocycles. The highest BCUT2D eigenvalue weighted by atomic mass is 32.2. The van der Waals surface area contributed by atoms with E-state index < -0.39 is 9.84 Å².